The number of nitriles is 1. The van der Waals surface area contributed by atoms with E-state index in [0.717, 1.165) is 55.3 Å². The van der Waals surface area contributed by atoms with Crippen LogP contribution >= 0.6 is 0 Å². The fourth-order valence-electron chi connectivity index (χ4n) is 7.48. The Balaban J connectivity index is 1.17. The Morgan fingerprint density at radius 1 is 0.426 bits per heavy atom. The van der Waals surface area contributed by atoms with Crippen LogP contribution in [0.1, 0.15) is 5.56 Å². The number of hydrogen-bond donors (Lipinski definition) is 0. The Labute approximate surface area is 269 Å². The lowest BCUT2D eigenvalue weighted by Gasteiger charge is -2.12. The van der Waals surface area contributed by atoms with Gasteiger partial charge in [-0.05, 0) is 65.7 Å². The smallest absolute Gasteiger partial charge is 0.153 e. The fraction of sp³-hybridized carbons (Fsp3) is 0. The second kappa shape index (κ2) is 9.71. The zero-order valence-corrected chi connectivity index (χ0v) is 25.2. The molecule has 7 aromatic carbocycles. The lowest BCUT2D eigenvalue weighted by molar-refractivity contribution is 0.668. The molecule has 0 aliphatic rings. The summed E-state index contributed by atoms with van der Waals surface area (Å²) in [7, 11) is 0. The van der Waals surface area contributed by atoms with Gasteiger partial charge in [0.1, 0.15) is 11.7 Å². The molecule has 0 bridgehead atoms. The highest BCUT2D eigenvalue weighted by Crippen LogP contribution is 2.40. The van der Waals surface area contributed by atoms with Gasteiger partial charge in [0.05, 0.1) is 27.6 Å². The monoisotopic (exact) mass is 599 g/mol. The van der Waals surface area contributed by atoms with E-state index in [1.54, 1.807) is 0 Å². The summed E-state index contributed by atoms with van der Waals surface area (Å²) in [5.74, 6) is 0. The highest BCUT2D eigenvalue weighted by Gasteiger charge is 2.18. The zero-order chi connectivity index (χ0) is 31.1. The average Bonchev–Trinajstić information content (AvgIpc) is 3.78. The Kier molecular flexibility index (Phi) is 5.32. The Morgan fingerprint density at radius 2 is 0.936 bits per heavy atom. The first-order chi connectivity index (χ1) is 23.3. The van der Waals surface area contributed by atoms with Crippen molar-refractivity contribution in [1.29, 1.82) is 5.26 Å². The zero-order valence-electron chi connectivity index (χ0n) is 25.2. The van der Waals surface area contributed by atoms with Gasteiger partial charge in [0.2, 0.25) is 0 Å². The molecule has 3 heterocycles. The molecule has 0 radical (unpaired) electrons. The quantitative estimate of drug-likeness (QED) is 0.203. The Morgan fingerprint density at radius 3 is 1.53 bits per heavy atom. The molecule has 4 nitrogen and oxygen atoms in total. The van der Waals surface area contributed by atoms with E-state index in [9.17, 15) is 5.26 Å². The molecule has 0 amide bonds. The third-order valence-electron chi connectivity index (χ3n) is 9.53. The first-order valence-corrected chi connectivity index (χ1v) is 15.7. The topological polar surface area (TPSA) is 46.8 Å². The number of para-hydroxylation sites is 4. The van der Waals surface area contributed by atoms with Gasteiger partial charge in [-0.25, -0.2) is 0 Å². The van der Waals surface area contributed by atoms with Gasteiger partial charge in [0.25, 0.3) is 0 Å². The predicted molar refractivity (Wildman–Crippen MR) is 193 cm³/mol. The molecule has 0 unspecified atom stereocenters. The molecule has 0 fully saturated rings. The van der Waals surface area contributed by atoms with Gasteiger partial charge in [0, 0.05) is 49.8 Å². The minimum atomic E-state index is 0.548. The van der Waals surface area contributed by atoms with Crippen LogP contribution in [-0.2, 0) is 0 Å². The lowest BCUT2D eigenvalue weighted by atomic mass is 10.0. The maximum atomic E-state index is 9.71. The normalized spacial score (nSPS) is 11.8. The first-order valence-electron chi connectivity index (χ1n) is 15.7. The molecule has 10 rings (SSSR count). The SMILES string of the molecule is N#Cc1cccc2c1oc1cc3c(cc12)c1ccccc1n3-c1cccc(-c2cccc(-n3c4ccccc4c4ccccc43)c2)c1. The van der Waals surface area contributed by atoms with E-state index < -0.39 is 0 Å². The van der Waals surface area contributed by atoms with Crippen LogP contribution in [-0.4, -0.2) is 9.13 Å². The standard InChI is InChI=1S/C43H25N3O/c44-26-29-12-9-18-35-37-24-36-34-17-3-6-21-40(34)46(41(36)25-42(37)47-43(29)35)31-14-8-11-28(23-31)27-10-7-13-30(22-27)45-38-19-4-1-15-32(38)33-16-2-5-20-39(33)45/h1-25H. The van der Waals surface area contributed by atoms with Gasteiger partial charge in [-0.15, -0.1) is 0 Å². The minimum absolute atomic E-state index is 0.548. The second-order valence-electron chi connectivity index (χ2n) is 12.1. The summed E-state index contributed by atoms with van der Waals surface area (Å²) < 4.78 is 11.0. The number of nitrogens with zero attached hydrogens (tertiary/aromatic N) is 3. The summed E-state index contributed by atoms with van der Waals surface area (Å²) in [6, 6.07) is 55.8. The molecule has 0 N–H and O–H groups in total. The van der Waals surface area contributed by atoms with Crippen LogP contribution < -0.4 is 0 Å². The molecular weight excluding hydrogens is 574 g/mol. The molecule has 0 atom stereocenters. The van der Waals surface area contributed by atoms with Gasteiger partial charge >= 0.3 is 0 Å². The first kappa shape index (κ1) is 25.7. The van der Waals surface area contributed by atoms with Crippen molar-refractivity contribution < 1.29 is 4.42 Å². The van der Waals surface area contributed by atoms with Gasteiger partial charge in [-0.3, -0.25) is 0 Å². The van der Waals surface area contributed by atoms with Crippen molar-refractivity contribution >= 4 is 65.6 Å². The molecular formula is C43H25N3O. The van der Waals surface area contributed by atoms with Crippen molar-refractivity contribution in [2.24, 2.45) is 0 Å². The molecule has 0 saturated carbocycles. The number of aromatic nitrogens is 2. The van der Waals surface area contributed by atoms with Crippen molar-refractivity contribution in [3.05, 3.63) is 157 Å². The summed E-state index contributed by atoms with van der Waals surface area (Å²) in [6.07, 6.45) is 0. The lowest BCUT2D eigenvalue weighted by Crippen LogP contribution is -1.96. The summed E-state index contributed by atoms with van der Waals surface area (Å²) >= 11 is 0. The third-order valence-corrected chi connectivity index (χ3v) is 9.53. The number of benzene rings is 7. The van der Waals surface area contributed by atoms with Gasteiger partial charge in [-0.1, -0.05) is 91.0 Å². The Bertz CT molecular complexity index is 2880. The summed E-state index contributed by atoms with van der Waals surface area (Å²) in [5, 5.41) is 16.5. The largest absolute Gasteiger partial charge is 0.455 e. The molecule has 10 aromatic rings. The molecule has 218 valence electrons. The van der Waals surface area contributed by atoms with E-state index in [1.165, 1.54) is 27.2 Å². The van der Waals surface area contributed by atoms with Crippen molar-refractivity contribution in [2.75, 3.05) is 0 Å². The van der Waals surface area contributed by atoms with Crippen molar-refractivity contribution in [3.8, 4) is 28.6 Å². The van der Waals surface area contributed by atoms with E-state index in [2.05, 4.69) is 149 Å². The molecule has 47 heavy (non-hydrogen) atoms. The van der Waals surface area contributed by atoms with Crippen LogP contribution in [0.2, 0.25) is 0 Å². The van der Waals surface area contributed by atoms with Crippen LogP contribution in [0, 0.1) is 11.3 Å². The van der Waals surface area contributed by atoms with E-state index in [-0.39, 0.29) is 0 Å². The van der Waals surface area contributed by atoms with Crippen molar-refractivity contribution in [1.82, 2.24) is 9.13 Å². The molecule has 3 aromatic heterocycles. The predicted octanol–water partition coefficient (Wildman–Crippen LogP) is 11.3. The molecule has 0 spiro atoms. The van der Waals surface area contributed by atoms with Gasteiger partial charge in [0.15, 0.2) is 5.58 Å². The van der Waals surface area contributed by atoms with Crippen LogP contribution in [0.15, 0.2) is 156 Å². The highest BCUT2D eigenvalue weighted by molar-refractivity contribution is 6.18. The summed E-state index contributed by atoms with van der Waals surface area (Å²) in [6.45, 7) is 0. The minimum Gasteiger partial charge on any atom is -0.455 e. The van der Waals surface area contributed by atoms with Gasteiger partial charge in [-0.2, -0.15) is 5.26 Å². The summed E-state index contributed by atoms with van der Waals surface area (Å²) in [4.78, 5) is 0. The number of hydrogen-bond acceptors (Lipinski definition) is 2. The maximum Gasteiger partial charge on any atom is 0.153 e. The van der Waals surface area contributed by atoms with Gasteiger partial charge < -0.3 is 13.6 Å². The summed E-state index contributed by atoms with van der Waals surface area (Å²) in [5.41, 5.74) is 11.0. The highest BCUT2D eigenvalue weighted by atomic mass is 16.3. The molecule has 4 heteroatoms. The van der Waals surface area contributed by atoms with Crippen molar-refractivity contribution in [3.63, 3.8) is 0 Å². The fourth-order valence-corrected chi connectivity index (χ4v) is 7.48. The molecule has 0 aliphatic carbocycles. The number of furan rings is 1. The van der Waals surface area contributed by atoms with Crippen LogP contribution in [0.3, 0.4) is 0 Å². The molecule has 0 aliphatic heterocycles. The Hall–Kier alpha value is -6.57. The van der Waals surface area contributed by atoms with Crippen LogP contribution in [0.4, 0.5) is 0 Å². The maximum absolute atomic E-state index is 9.71. The van der Waals surface area contributed by atoms with E-state index in [1.807, 2.05) is 18.2 Å². The second-order valence-corrected chi connectivity index (χ2v) is 12.1. The number of fused-ring (bicyclic) bond motifs is 9. The molecule has 0 saturated heterocycles. The average molecular weight is 600 g/mol. The third kappa shape index (κ3) is 3.69. The van der Waals surface area contributed by atoms with Crippen LogP contribution in [0.25, 0.3) is 88.1 Å². The van der Waals surface area contributed by atoms with Crippen LogP contribution in [0.5, 0.6) is 0 Å². The van der Waals surface area contributed by atoms with Crippen molar-refractivity contribution in [2.45, 2.75) is 0 Å². The number of rotatable bonds is 3. The van der Waals surface area contributed by atoms with E-state index in [4.69, 9.17) is 4.42 Å². The van der Waals surface area contributed by atoms with E-state index in [0.29, 0.717) is 11.1 Å². The van der Waals surface area contributed by atoms with E-state index >= 15 is 0 Å².